The molecule has 39 heavy (non-hydrogen) atoms. The number of aliphatic hydroxyl groups excluding tert-OH is 3. The second kappa shape index (κ2) is 11.7. The van der Waals surface area contributed by atoms with Crippen LogP contribution in [0.1, 0.15) is 63.9 Å². The Morgan fingerprint density at radius 2 is 1.92 bits per heavy atom. The summed E-state index contributed by atoms with van der Waals surface area (Å²) >= 11 is 0. The van der Waals surface area contributed by atoms with Crippen molar-refractivity contribution in [3.63, 3.8) is 0 Å². The molecule has 218 valence electrons. The Labute approximate surface area is 229 Å². The van der Waals surface area contributed by atoms with Crippen LogP contribution >= 0.6 is 0 Å². The zero-order valence-corrected chi connectivity index (χ0v) is 23.3. The number of fused-ring (bicyclic) bond motifs is 1. The highest BCUT2D eigenvalue weighted by atomic mass is 16.6. The number of hydrogen-bond donors (Lipinski definition) is 5. The maximum absolute atomic E-state index is 13.0. The number of methoxy groups -OCH3 is 1. The lowest BCUT2D eigenvalue weighted by atomic mass is 9.61. The summed E-state index contributed by atoms with van der Waals surface area (Å²) in [6.07, 6.45) is -0.712. The highest BCUT2D eigenvalue weighted by molar-refractivity contribution is 5.87. The van der Waals surface area contributed by atoms with E-state index >= 15 is 0 Å². The van der Waals surface area contributed by atoms with Gasteiger partial charge in [0.1, 0.15) is 17.9 Å². The molecule has 2 fully saturated rings. The van der Waals surface area contributed by atoms with Gasteiger partial charge in [-0.15, -0.1) is 0 Å². The standard InChI is InChI=1S/C29H43NO9/c1-14-9-15(2)29(36)13-18(10-23(33)20(29)12-24(37-5)28(35)38-25(14)17(4)31)19-11-22(32)16(3)26(19)39-27(34)21-7-6-8-30-21/h6-9,14,16-20,22-26,30-33,36H,10-13H2,1-5H3/b15-9+/t14-,16-,17-,18-,19-,20+,22+,23-,24+,25+,26-,29+/m1/s1. The van der Waals surface area contributed by atoms with Gasteiger partial charge >= 0.3 is 11.9 Å². The van der Waals surface area contributed by atoms with Crippen LogP contribution in [-0.2, 0) is 19.0 Å². The van der Waals surface area contributed by atoms with Crippen LogP contribution < -0.4 is 0 Å². The van der Waals surface area contributed by atoms with Gasteiger partial charge in [-0.2, -0.15) is 0 Å². The molecule has 10 heteroatoms. The van der Waals surface area contributed by atoms with Crippen LogP contribution in [0.2, 0.25) is 0 Å². The SMILES string of the molecule is CO[C@H]1C[C@H]2[C@H](O)C[C@@H]([C@H]3C[C@H](O)[C@@H](C)[C@H]3OC(=O)c3ccc[nH]3)C[C@]2(O)/C(C)=C/[C@@H](C)[C@@H]([C@@H](C)O)OC1=O. The summed E-state index contributed by atoms with van der Waals surface area (Å²) in [7, 11) is 1.38. The number of cyclic esters (lactones) is 1. The fourth-order valence-corrected chi connectivity index (χ4v) is 7.10. The van der Waals surface area contributed by atoms with Crippen molar-refractivity contribution in [2.75, 3.05) is 7.11 Å². The molecule has 0 aromatic carbocycles. The predicted molar refractivity (Wildman–Crippen MR) is 140 cm³/mol. The summed E-state index contributed by atoms with van der Waals surface area (Å²) < 4.78 is 16.9. The van der Waals surface area contributed by atoms with Crippen LogP contribution in [0.25, 0.3) is 0 Å². The van der Waals surface area contributed by atoms with Gasteiger partial charge in [-0.1, -0.05) is 19.9 Å². The quantitative estimate of drug-likeness (QED) is 0.273. The molecule has 12 atom stereocenters. The lowest BCUT2D eigenvalue weighted by Crippen LogP contribution is -2.55. The molecule has 0 bridgehead atoms. The molecule has 0 saturated heterocycles. The Bertz CT molecular complexity index is 1040. The summed E-state index contributed by atoms with van der Waals surface area (Å²) in [6.45, 7) is 6.98. The van der Waals surface area contributed by atoms with Gasteiger partial charge in [-0.05, 0) is 63.2 Å². The van der Waals surface area contributed by atoms with E-state index in [1.165, 1.54) is 7.11 Å². The summed E-state index contributed by atoms with van der Waals surface area (Å²) in [5, 5.41) is 44.8. The Kier molecular flexibility index (Phi) is 8.92. The molecule has 2 aliphatic carbocycles. The van der Waals surface area contributed by atoms with Gasteiger partial charge in [0.15, 0.2) is 6.10 Å². The highest BCUT2D eigenvalue weighted by Gasteiger charge is 2.55. The van der Waals surface area contributed by atoms with Gasteiger partial charge in [0.2, 0.25) is 0 Å². The summed E-state index contributed by atoms with van der Waals surface area (Å²) in [5.74, 6) is -3.19. The number of esters is 2. The molecule has 1 aromatic heterocycles. The first-order chi connectivity index (χ1) is 18.4. The van der Waals surface area contributed by atoms with Crippen LogP contribution in [-0.4, -0.2) is 86.7 Å². The third kappa shape index (κ3) is 5.81. The minimum atomic E-state index is -1.50. The number of rotatable bonds is 5. The Morgan fingerprint density at radius 1 is 1.21 bits per heavy atom. The second-order valence-electron chi connectivity index (χ2n) is 11.9. The van der Waals surface area contributed by atoms with E-state index in [1.807, 2.05) is 6.92 Å². The number of carbonyl (C=O) groups excluding carboxylic acids is 2. The van der Waals surface area contributed by atoms with Crippen molar-refractivity contribution in [2.24, 2.45) is 29.6 Å². The second-order valence-corrected chi connectivity index (χ2v) is 11.9. The van der Waals surface area contributed by atoms with Crippen LogP contribution in [0.4, 0.5) is 0 Å². The van der Waals surface area contributed by atoms with Gasteiger partial charge < -0.3 is 39.6 Å². The van der Waals surface area contributed by atoms with Crippen LogP contribution in [0, 0.1) is 29.6 Å². The summed E-state index contributed by atoms with van der Waals surface area (Å²) in [5.41, 5.74) is -0.581. The molecule has 0 amide bonds. The molecule has 2 heterocycles. The van der Waals surface area contributed by atoms with E-state index in [-0.39, 0.29) is 30.6 Å². The number of carbonyl (C=O) groups is 2. The van der Waals surface area contributed by atoms with Gasteiger partial charge in [0.25, 0.3) is 0 Å². The van der Waals surface area contributed by atoms with Crippen molar-refractivity contribution >= 4 is 11.9 Å². The minimum absolute atomic E-state index is 0.0285. The maximum atomic E-state index is 13.0. The van der Waals surface area contributed by atoms with Gasteiger partial charge in [-0.3, -0.25) is 0 Å². The van der Waals surface area contributed by atoms with Crippen LogP contribution in [0.15, 0.2) is 30.0 Å². The van der Waals surface area contributed by atoms with Crippen molar-refractivity contribution in [3.8, 4) is 0 Å². The fourth-order valence-electron chi connectivity index (χ4n) is 7.10. The summed E-state index contributed by atoms with van der Waals surface area (Å²) in [6, 6.07) is 3.33. The fraction of sp³-hybridized carbons (Fsp3) is 0.724. The van der Waals surface area contributed by atoms with E-state index in [0.717, 1.165) is 0 Å². The highest BCUT2D eigenvalue weighted by Crippen LogP contribution is 2.51. The number of aliphatic hydroxyl groups is 4. The number of aromatic nitrogens is 1. The molecule has 2 saturated carbocycles. The maximum Gasteiger partial charge on any atom is 0.355 e. The van der Waals surface area contributed by atoms with Crippen LogP contribution in [0.5, 0.6) is 0 Å². The third-order valence-electron chi connectivity index (χ3n) is 9.38. The van der Waals surface area contributed by atoms with Crippen molar-refractivity contribution < 1.29 is 44.2 Å². The molecule has 0 unspecified atom stereocenters. The average Bonchev–Trinajstić information content (AvgIpc) is 3.51. The van der Waals surface area contributed by atoms with E-state index in [2.05, 4.69) is 4.98 Å². The largest absolute Gasteiger partial charge is 0.457 e. The zero-order chi connectivity index (χ0) is 28.6. The first-order valence-corrected chi connectivity index (χ1v) is 13.9. The number of aromatic amines is 1. The molecular weight excluding hydrogens is 506 g/mol. The molecule has 1 aliphatic heterocycles. The van der Waals surface area contributed by atoms with Gasteiger partial charge in [-0.25, -0.2) is 9.59 Å². The molecule has 1 aromatic rings. The molecule has 0 spiro atoms. The topological polar surface area (TPSA) is 159 Å². The zero-order valence-electron chi connectivity index (χ0n) is 23.3. The van der Waals surface area contributed by atoms with Crippen molar-refractivity contribution in [1.29, 1.82) is 0 Å². The third-order valence-corrected chi connectivity index (χ3v) is 9.38. The first-order valence-electron chi connectivity index (χ1n) is 13.9. The average molecular weight is 550 g/mol. The van der Waals surface area contributed by atoms with Gasteiger partial charge in [0.05, 0.1) is 23.9 Å². The van der Waals surface area contributed by atoms with Crippen LogP contribution in [0.3, 0.4) is 0 Å². The lowest BCUT2D eigenvalue weighted by molar-refractivity contribution is -0.176. The molecule has 3 aliphatic rings. The lowest BCUT2D eigenvalue weighted by Gasteiger charge is -2.50. The number of H-pyrrole nitrogens is 1. The normalized spacial score (nSPS) is 43.5. The predicted octanol–water partition coefficient (Wildman–Crippen LogP) is 1.97. The molecule has 5 N–H and O–H groups in total. The van der Waals surface area contributed by atoms with Crippen molar-refractivity contribution in [3.05, 3.63) is 35.7 Å². The van der Waals surface area contributed by atoms with E-state index < -0.39 is 66.0 Å². The van der Waals surface area contributed by atoms with Crippen molar-refractivity contribution in [2.45, 2.75) is 95.6 Å². The van der Waals surface area contributed by atoms with E-state index in [4.69, 9.17) is 14.2 Å². The number of hydrogen-bond acceptors (Lipinski definition) is 9. The molecule has 10 nitrogen and oxygen atoms in total. The first kappa shape index (κ1) is 29.7. The Hall–Kier alpha value is -2.24. The van der Waals surface area contributed by atoms with E-state index in [1.54, 1.807) is 45.2 Å². The molecule has 4 rings (SSSR count). The summed E-state index contributed by atoms with van der Waals surface area (Å²) in [4.78, 5) is 28.6. The monoisotopic (exact) mass is 549 g/mol. The van der Waals surface area contributed by atoms with Gasteiger partial charge in [0, 0.05) is 37.0 Å². The number of ether oxygens (including phenoxy) is 3. The van der Waals surface area contributed by atoms with E-state index in [0.29, 0.717) is 24.1 Å². The van der Waals surface area contributed by atoms with Crippen molar-refractivity contribution in [1.82, 2.24) is 4.98 Å². The minimum Gasteiger partial charge on any atom is -0.457 e. The molecular formula is C29H43NO9. The number of nitrogens with one attached hydrogen (secondary N) is 1. The Balaban J connectivity index is 1.67. The molecule has 0 radical (unpaired) electrons. The van der Waals surface area contributed by atoms with E-state index in [9.17, 15) is 30.0 Å². The Morgan fingerprint density at radius 3 is 2.54 bits per heavy atom. The smallest absolute Gasteiger partial charge is 0.355 e.